The molecule has 0 aliphatic carbocycles. The van der Waals surface area contributed by atoms with Gasteiger partial charge in [-0.05, 0) is 18.6 Å². The third kappa shape index (κ3) is 2.73. The van der Waals surface area contributed by atoms with Gasteiger partial charge in [-0.2, -0.15) is 0 Å². The molecule has 1 heterocycles. The van der Waals surface area contributed by atoms with Gasteiger partial charge in [0, 0.05) is 16.2 Å². The fourth-order valence-electron chi connectivity index (χ4n) is 1.53. The molecule has 2 rings (SSSR count). The lowest BCUT2D eigenvalue weighted by atomic mass is 10.1. The van der Waals surface area contributed by atoms with E-state index in [0.29, 0.717) is 5.82 Å². The Hall–Kier alpha value is -1.95. The third-order valence-corrected chi connectivity index (χ3v) is 3.51. The molecule has 98 valence electrons. The molecule has 6 heteroatoms. The lowest BCUT2D eigenvalue weighted by Gasteiger charge is -2.06. The van der Waals surface area contributed by atoms with E-state index in [-0.39, 0.29) is 11.4 Å². The smallest absolute Gasteiger partial charge is 0.343 e. The molecule has 0 aliphatic heterocycles. The summed E-state index contributed by atoms with van der Waals surface area (Å²) in [6, 6.07) is 5.75. The number of ether oxygens (including phenoxy) is 1. The molecule has 2 N–H and O–H groups in total. The lowest BCUT2D eigenvalue weighted by Crippen LogP contribution is -2.09. The van der Waals surface area contributed by atoms with Gasteiger partial charge in [0.15, 0.2) is 5.82 Å². The van der Waals surface area contributed by atoms with Crippen molar-refractivity contribution in [2.75, 3.05) is 12.8 Å². The number of benzene rings is 1. The lowest BCUT2D eigenvalue weighted by molar-refractivity contribution is 0.0601. The maximum Gasteiger partial charge on any atom is 0.343 e. The van der Waals surface area contributed by atoms with Crippen LogP contribution in [0, 0.1) is 6.92 Å². The summed E-state index contributed by atoms with van der Waals surface area (Å²) >= 11 is 3.45. The summed E-state index contributed by atoms with van der Waals surface area (Å²) < 4.78 is 5.55. The summed E-state index contributed by atoms with van der Waals surface area (Å²) in [6.07, 6.45) is 1.37. The van der Waals surface area contributed by atoms with Gasteiger partial charge in [-0.25, -0.2) is 14.8 Å². The number of carbonyl (C=O) groups excluding carboxylic acids is 1. The second-order valence-electron chi connectivity index (χ2n) is 3.95. The number of halogens is 1. The molecule has 1 aromatic carbocycles. The number of nitrogens with two attached hydrogens (primary N) is 1. The van der Waals surface area contributed by atoms with Crippen LogP contribution in [0.4, 0.5) is 5.82 Å². The van der Waals surface area contributed by atoms with Gasteiger partial charge in [0.1, 0.15) is 11.4 Å². The Bertz CT molecular complexity index is 644. The number of carbonyl (C=O) groups is 1. The van der Waals surface area contributed by atoms with Crippen LogP contribution in [0.5, 0.6) is 0 Å². The zero-order chi connectivity index (χ0) is 14.0. The maximum absolute atomic E-state index is 11.4. The first-order chi connectivity index (χ1) is 9.02. The predicted octanol–water partition coefficient (Wildman–Crippen LogP) is 2.58. The molecule has 0 radical (unpaired) electrons. The zero-order valence-electron chi connectivity index (χ0n) is 10.5. The summed E-state index contributed by atoms with van der Waals surface area (Å²) in [6.45, 7) is 1.99. The summed E-state index contributed by atoms with van der Waals surface area (Å²) in [7, 11) is 1.28. The van der Waals surface area contributed by atoms with Gasteiger partial charge in [-0.3, -0.25) is 0 Å². The van der Waals surface area contributed by atoms with Gasteiger partial charge in [0.2, 0.25) is 0 Å². The standard InChI is InChI=1S/C13H12BrN3O2/c1-7-3-4-8(5-10(7)14)12-16-6-9(11(15)17-12)13(18)19-2/h3-6H,1-2H3,(H2,15,16,17). The monoisotopic (exact) mass is 321 g/mol. The van der Waals surface area contributed by atoms with Crippen LogP contribution in [0.2, 0.25) is 0 Å². The number of aromatic nitrogens is 2. The van der Waals surface area contributed by atoms with Crippen molar-refractivity contribution < 1.29 is 9.53 Å². The summed E-state index contributed by atoms with van der Waals surface area (Å²) in [5.74, 6) is 0.0218. The van der Waals surface area contributed by atoms with Gasteiger partial charge in [-0.15, -0.1) is 0 Å². The van der Waals surface area contributed by atoms with E-state index in [2.05, 4.69) is 30.6 Å². The molecule has 0 saturated heterocycles. The summed E-state index contributed by atoms with van der Waals surface area (Å²) in [5, 5.41) is 0. The van der Waals surface area contributed by atoms with Gasteiger partial charge in [-0.1, -0.05) is 28.1 Å². The zero-order valence-corrected chi connectivity index (χ0v) is 12.1. The van der Waals surface area contributed by atoms with Crippen molar-refractivity contribution in [3.8, 4) is 11.4 Å². The average molecular weight is 322 g/mol. The molecular weight excluding hydrogens is 310 g/mol. The molecule has 0 spiro atoms. The van der Waals surface area contributed by atoms with E-state index >= 15 is 0 Å². The summed E-state index contributed by atoms with van der Waals surface area (Å²) in [5.41, 5.74) is 7.84. The van der Waals surface area contributed by atoms with Crippen LogP contribution < -0.4 is 5.73 Å². The van der Waals surface area contributed by atoms with Crippen LogP contribution >= 0.6 is 15.9 Å². The van der Waals surface area contributed by atoms with Crippen LogP contribution in [0.1, 0.15) is 15.9 Å². The molecule has 2 aromatic rings. The van der Waals surface area contributed by atoms with Crippen LogP contribution in [-0.2, 0) is 4.74 Å². The van der Waals surface area contributed by atoms with Gasteiger partial charge < -0.3 is 10.5 Å². The number of nitrogen functional groups attached to an aromatic ring is 1. The topological polar surface area (TPSA) is 78.1 Å². The molecule has 1 aromatic heterocycles. The molecule has 0 atom stereocenters. The van der Waals surface area contributed by atoms with E-state index in [4.69, 9.17) is 5.73 Å². The highest BCUT2D eigenvalue weighted by molar-refractivity contribution is 9.10. The quantitative estimate of drug-likeness (QED) is 0.860. The van der Waals surface area contributed by atoms with Crippen molar-refractivity contribution in [3.05, 3.63) is 40.0 Å². The fraction of sp³-hybridized carbons (Fsp3) is 0.154. The normalized spacial score (nSPS) is 10.3. The number of esters is 1. The Morgan fingerprint density at radius 1 is 1.42 bits per heavy atom. The Balaban J connectivity index is 2.44. The van der Waals surface area contributed by atoms with Crippen LogP contribution in [0.3, 0.4) is 0 Å². The minimum Gasteiger partial charge on any atom is -0.465 e. The van der Waals surface area contributed by atoms with Gasteiger partial charge in [0.05, 0.1) is 7.11 Å². The van der Waals surface area contributed by atoms with Crippen molar-refractivity contribution >= 4 is 27.7 Å². The van der Waals surface area contributed by atoms with Crippen LogP contribution in [-0.4, -0.2) is 23.0 Å². The number of hydrogen-bond acceptors (Lipinski definition) is 5. The third-order valence-electron chi connectivity index (χ3n) is 2.65. The van der Waals surface area contributed by atoms with E-state index in [1.807, 2.05) is 25.1 Å². The maximum atomic E-state index is 11.4. The van der Waals surface area contributed by atoms with Crippen molar-refractivity contribution in [1.29, 1.82) is 0 Å². The molecule has 19 heavy (non-hydrogen) atoms. The number of methoxy groups -OCH3 is 1. The Morgan fingerprint density at radius 2 is 2.16 bits per heavy atom. The number of hydrogen-bond donors (Lipinski definition) is 1. The number of rotatable bonds is 2. The molecule has 0 aliphatic rings. The highest BCUT2D eigenvalue weighted by Gasteiger charge is 2.13. The number of aryl methyl sites for hydroxylation is 1. The van der Waals surface area contributed by atoms with E-state index < -0.39 is 5.97 Å². The van der Waals surface area contributed by atoms with E-state index in [0.717, 1.165) is 15.6 Å². The highest BCUT2D eigenvalue weighted by atomic mass is 79.9. The molecular formula is C13H12BrN3O2. The average Bonchev–Trinajstić information content (AvgIpc) is 2.41. The largest absolute Gasteiger partial charge is 0.465 e. The Labute approximate surface area is 119 Å². The number of anilines is 1. The molecule has 0 fully saturated rings. The Morgan fingerprint density at radius 3 is 2.74 bits per heavy atom. The minimum absolute atomic E-state index is 0.105. The summed E-state index contributed by atoms with van der Waals surface area (Å²) in [4.78, 5) is 19.7. The van der Waals surface area contributed by atoms with E-state index in [9.17, 15) is 4.79 Å². The molecule has 5 nitrogen and oxygen atoms in total. The fourth-order valence-corrected chi connectivity index (χ4v) is 1.91. The van der Waals surface area contributed by atoms with E-state index in [1.165, 1.54) is 13.3 Å². The van der Waals surface area contributed by atoms with Gasteiger partial charge in [0.25, 0.3) is 0 Å². The van der Waals surface area contributed by atoms with Crippen LogP contribution in [0.25, 0.3) is 11.4 Å². The second kappa shape index (κ2) is 5.36. The van der Waals surface area contributed by atoms with Crippen molar-refractivity contribution in [3.63, 3.8) is 0 Å². The predicted molar refractivity (Wildman–Crippen MR) is 75.7 cm³/mol. The minimum atomic E-state index is -0.547. The first-order valence-corrected chi connectivity index (χ1v) is 6.29. The van der Waals surface area contributed by atoms with Crippen LogP contribution in [0.15, 0.2) is 28.9 Å². The van der Waals surface area contributed by atoms with Crippen molar-refractivity contribution in [2.24, 2.45) is 0 Å². The molecule has 0 amide bonds. The SMILES string of the molecule is COC(=O)c1cnc(-c2ccc(C)c(Br)c2)nc1N. The number of nitrogens with zero attached hydrogens (tertiary/aromatic N) is 2. The molecule has 0 saturated carbocycles. The second-order valence-corrected chi connectivity index (χ2v) is 4.80. The first kappa shape index (κ1) is 13.5. The highest BCUT2D eigenvalue weighted by Crippen LogP contribution is 2.24. The van der Waals surface area contributed by atoms with E-state index in [1.54, 1.807) is 0 Å². The first-order valence-electron chi connectivity index (χ1n) is 5.50. The molecule has 0 bridgehead atoms. The van der Waals surface area contributed by atoms with Crippen molar-refractivity contribution in [2.45, 2.75) is 6.92 Å². The van der Waals surface area contributed by atoms with Gasteiger partial charge >= 0.3 is 5.97 Å². The Kier molecular flexibility index (Phi) is 3.80. The van der Waals surface area contributed by atoms with Crippen molar-refractivity contribution in [1.82, 2.24) is 9.97 Å². The molecule has 0 unspecified atom stereocenters.